The Morgan fingerprint density at radius 3 is 2.07 bits per heavy atom. The SMILES string of the molecule is O=C(NCCn1ccnc1-c1ncccn1)c1cc(C(F)(F)F)cc(C(F)(F)F)c1. The first-order valence-electron chi connectivity index (χ1n) is 8.42. The summed E-state index contributed by atoms with van der Waals surface area (Å²) in [6.07, 6.45) is -4.00. The highest BCUT2D eigenvalue weighted by molar-refractivity contribution is 5.94. The number of halogens is 6. The molecule has 0 atom stereocenters. The molecule has 0 aliphatic rings. The van der Waals surface area contributed by atoms with Gasteiger partial charge in [0.05, 0.1) is 11.1 Å². The number of carbonyl (C=O) groups is 1. The summed E-state index contributed by atoms with van der Waals surface area (Å²) in [4.78, 5) is 24.4. The fourth-order valence-electron chi connectivity index (χ4n) is 2.59. The molecule has 158 valence electrons. The number of rotatable bonds is 5. The Morgan fingerprint density at radius 1 is 0.900 bits per heavy atom. The van der Waals surface area contributed by atoms with E-state index in [4.69, 9.17) is 0 Å². The van der Waals surface area contributed by atoms with Gasteiger partial charge in [0, 0.05) is 43.4 Å². The van der Waals surface area contributed by atoms with E-state index in [9.17, 15) is 31.1 Å². The van der Waals surface area contributed by atoms with Crippen LogP contribution < -0.4 is 5.32 Å². The molecule has 0 aliphatic heterocycles. The highest BCUT2D eigenvalue weighted by Gasteiger charge is 2.37. The molecule has 0 aliphatic carbocycles. The van der Waals surface area contributed by atoms with Crippen molar-refractivity contribution in [1.82, 2.24) is 24.8 Å². The van der Waals surface area contributed by atoms with Gasteiger partial charge in [0.25, 0.3) is 5.91 Å². The van der Waals surface area contributed by atoms with Crippen LogP contribution in [0.1, 0.15) is 21.5 Å². The number of hydrogen-bond acceptors (Lipinski definition) is 4. The van der Waals surface area contributed by atoms with Gasteiger partial charge in [-0.15, -0.1) is 0 Å². The summed E-state index contributed by atoms with van der Waals surface area (Å²) in [6, 6.07) is 2.34. The normalized spacial score (nSPS) is 12.1. The van der Waals surface area contributed by atoms with Crippen LogP contribution in [0.3, 0.4) is 0 Å². The van der Waals surface area contributed by atoms with E-state index >= 15 is 0 Å². The maximum absolute atomic E-state index is 12.9. The van der Waals surface area contributed by atoms with Crippen molar-refractivity contribution in [3.05, 3.63) is 65.7 Å². The largest absolute Gasteiger partial charge is 0.416 e. The molecule has 0 saturated carbocycles. The zero-order valence-electron chi connectivity index (χ0n) is 15.0. The van der Waals surface area contributed by atoms with E-state index in [1.807, 2.05) is 0 Å². The van der Waals surface area contributed by atoms with Crippen LogP contribution in [0.5, 0.6) is 0 Å². The first-order valence-corrected chi connectivity index (χ1v) is 8.42. The van der Waals surface area contributed by atoms with Gasteiger partial charge >= 0.3 is 12.4 Å². The number of nitrogens with one attached hydrogen (secondary N) is 1. The van der Waals surface area contributed by atoms with E-state index in [-0.39, 0.29) is 19.2 Å². The Balaban J connectivity index is 1.74. The van der Waals surface area contributed by atoms with Crippen LogP contribution in [-0.2, 0) is 18.9 Å². The molecule has 1 amide bonds. The molecular formula is C18H13F6N5O. The monoisotopic (exact) mass is 429 g/mol. The van der Waals surface area contributed by atoms with E-state index in [2.05, 4.69) is 20.3 Å². The van der Waals surface area contributed by atoms with Crippen molar-refractivity contribution in [3.63, 3.8) is 0 Å². The van der Waals surface area contributed by atoms with Crippen LogP contribution in [0.4, 0.5) is 26.3 Å². The van der Waals surface area contributed by atoms with E-state index in [0.717, 1.165) is 0 Å². The molecule has 0 unspecified atom stereocenters. The molecule has 3 rings (SSSR count). The molecule has 0 radical (unpaired) electrons. The van der Waals surface area contributed by atoms with Crippen molar-refractivity contribution in [1.29, 1.82) is 0 Å². The fourth-order valence-corrected chi connectivity index (χ4v) is 2.59. The maximum Gasteiger partial charge on any atom is 0.416 e. The molecule has 12 heteroatoms. The lowest BCUT2D eigenvalue weighted by Gasteiger charge is -2.14. The second-order valence-electron chi connectivity index (χ2n) is 6.07. The van der Waals surface area contributed by atoms with Crippen LogP contribution in [0.15, 0.2) is 49.1 Å². The second kappa shape index (κ2) is 8.13. The van der Waals surface area contributed by atoms with Crippen molar-refractivity contribution in [3.8, 4) is 11.6 Å². The smallest absolute Gasteiger partial charge is 0.350 e. The van der Waals surface area contributed by atoms with Gasteiger partial charge in [0.15, 0.2) is 11.6 Å². The molecule has 0 bridgehead atoms. The molecular weight excluding hydrogens is 416 g/mol. The third kappa shape index (κ3) is 4.93. The molecule has 1 N–H and O–H groups in total. The summed E-state index contributed by atoms with van der Waals surface area (Å²) in [5.41, 5.74) is -3.85. The lowest BCUT2D eigenvalue weighted by atomic mass is 10.0. The van der Waals surface area contributed by atoms with Gasteiger partial charge < -0.3 is 9.88 Å². The lowest BCUT2D eigenvalue weighted by molar-refractivity contribution is -0.143. The molecule has 6 nitrogen and oxygen atoms in total. The van der Waals surface area contributed by atoms with Crippen molar-refractivity contribution in [2.24, 2.45) is 0 Å². The van der Waals surface area contributed by atoms with E-state index in [0.29, 0.717) is 23.8 Å². The predicted octanol–water partition coefficient (Wildman–Crippen LogP) is 3.81. The first-order chi connectivity index (χ1) is 14.1. The Morgan fingerprint density at radius 2 is 1.50 bits per heavy atom. The quantitative estimate of drug-likeness (QED) is 0.627. The highest BCUT2D eigenvalue weighted by atomic mass is 19.4. The minimum Gasteiger partial charge on any atom is -0.350 e. The number of aromatic nitrogens is 4. The van der Waals surface area contributed by atoms with Gasteiger partial charge in [-0.2, -0.15) is 26.3 Å². The van der Waals surface area contributed by atoms with E-state index in [1.54, 1.807) is 16.8 Å². The van der Waals surface area contributed by atoms with Gasteiger partial charge in [-0.25, -0.2) is 15.0 Å². The minimum atomic E-state index is -5.03. The van der Waals surface area contributed by atoms with Gasteiger partial charge in [-0.1, -0.05) is 0 Å². The Labute approximate surface area is 165 Å². The number of benzene rings is 1. The van der Waals surface area contributed by atoms with Gasteiger partial charge in [0.2, 0.25) is 0 Å². The average Bonchev–Trinajstić information content (AvgIpc) is 3.15. The topological polar surface area (TPSA) is 72.7 Å². The molecule has 30 heavy (non-hydrogen) atoms. The lowest BCUT2D eigenvalue weighted by Crippen LogP contribution is -2.28. The zero-order chi connectivity index (χ0) is 21.9. The van der Waals surface area contributed by atoms with Crippen molar-refractivity contribution in [2.45, 2.75) is 18.9 Å². The standard InChI is InChI=1S/C18H13F6N5O/c19-17(20,21)12-8-11(9-13(10-12)18(22,23)24)16(30)28-5-7-29-6-4-27-15(29)14-25-2-1-3-26-14/h1-4,6,8-10H,5,7H2,(H,28,30). The second-order valence-corrected chi connectivity index (χ2v) is 6.07. The third-order valence-corrected chi connectivity index (χ3v) is 3.97. The molecule has 2 heterocycles. The summed E-state index contributed by atoms with van der Waals surface area (Å²) in [5, 5.41) is 2.31. The molecule has 0 spiro atoms. The van der Waals surface area contributed by atoms with Crippen molar-refractivity contribution in [2.75, 3.05) is 6.54 Å². The first kappa shape index (κ1) is 21.3. The number of alkyl halides is 6. The Hall–Kier alpha value is -3.44. The summed E-state index contributed by atoms with van der Waals surface area (Å²) in [5.74, 6) is -0.353. The van der Waals surface area contributed by atoms with Crippen LogP contribution in [0.25, 0.3) is 11.6 Å². The van der Waals surface area contributed by atoms with Gasteiger partial charge in [0.1, 0.15) is 0 Å². The van der Waals surface area contributed by atoms with E-state index < -0.39 is 35.0 Å². The summed E-state index contributed by atoms with van der Waals surface area (Å²) in [6.45, 7) is 0.0665. The fraction of sp³-hybridized carbons (Fsp3) is 0.222. The maximum atomic E-state index is 12.9. The molecule has 0 saturated heterocycles. The third-order valence-electron chi connectivity index (χ3n) is 3.97. The van der Waals surface area contributed by atoms with Crippen LogP contribution in [0.2, 0.25) is 0 Å². The summed E-state index contributed by atoms with van der Waals surface area (Å²) in [7, 11) is 0. The van der Waals surface area contributed by atoms with Crippen molar-refractivity contribution >= 4 is 5.91 Å². The molecule has 2 aromatic heterocycles. The Kier molecular flexibility index (Phi) is 5.76. The van der Waals surface area contributed by atoms with Crippen LogP contribution >= 0.6 is 0 Å². The summed E-state index contributed by atoms with van der Waals surface area (Å²) >= 11 is 0. The zero-order valence-corrected chi connectivity index (χ0v) is 15.0. The summed E-state index contributed by atoms with van der Waals surface area (Å²) < 4.78 is 79.1. The van der Waals surface area contributed by atoms with E-state index in [1.165, 1.54) is 18.6 Å². The van der Waals surface area contributed by atoms with Crippen LogP contribution in [0, 0.1) is 0 Å². The number of carbonyl (C=O) groups excluding carboxylic acids is 1. The van der Waals surface area contributed by atoms with Gasteiger partial charge in [-0.3, -0.25) is 4.79 Å². The number of nitrogens with zero attached hydrogens (tertiary/aromatic N) is 4. The number of amides is 1. The van der Waals surface area contributed by atoms with Crippen molar-refractivity contribution < 1.29 is 31.1 Å². The number of imidazole rings is 1. The molecule has 0 fully saturated rings. The predicted molar refractivity (Wildman–Crippen MR) is 92.0 cm³/mol. The Bertz CT molecular complexity index is 997. The number of hydrogen-bond donors (Lipinski definition) is 1. The van der Waals surface area contributed by atoms with Crippen LogP contribution in [-0.4, -0.2) is 32.0 Å². The molecule has 3 aromatic rings. The van der Waals surface area contributed by atoms with Gasteiger partial charge in [-0.05, 0) is 24.3 Å². The average molecular weight is 429 g/mol. The minimum absolute atomic E-state index is 0.0333. The molecule has 1 aromatic carbocycles. The highest BCUT2D eigenvalue weighted by Crippen LogP contribution is 2.36.